The van der Waals surface area contributed by atoms with Gasteiger partial charge in [0, 0.05) is 0 Å². The van der Waals surface area contributed by atoms with Gasteiger partial charge < -0.3 is 4.18 Å². The van der Waals surface area contributed by atoms with Gasteiger partial charge in [0.25, 0.3) is 0 Å². The van der Waals surface area contributed by atoms with Crippen molar-refractivity contribution in [3.8, 4) is 5.75 Å². The number of hydrogen-bond donors (Lipinski definition) is 0. The predicted molar refractivity (Wildman–Crippen MR) is 70.0 cm³/mol. The number of benzene rings is 1. The van der Waals surface area contributed by atoms with Crippen molar-refractivity contribution in [3.63, 3.8) is 0 Å². The molecule has 3 nitrogen and oxygen atoms in total. The zero-order valence-electron chi connectivity index (χ0n) is 10.4. The van der Waals surface area contributed by atoms with Crippen molar-refractivity contribution in [3.05, 3.63) is 23.2 Å². The smallest absolute Gasteiger partial charge is 0.375 e. The molecule has 0 aliphatic rings. The number of alkyl halides is 3. The van der Waals surface area contributed by atoms with Crippen molar-refractivity contribution in [1.82, 2.24) is 0 Å². The van der Waals surface area contributed by atoms with Crippen LogP contribution in [0.4, 0.5) is 13.2 Å². The topological polar surface area (TPSA) is 43.4 Å². The van der Waals surface area contributed by atoms with Crippen LogP contribution in [0.2, 0.25) is 24.7 Å². The molecule has 1 rings (SSSR count). The molecule has 0 aliphatic carbocycles. The zero-order chi connectivity index (χ0) is 15.1. The lowest BCUT2D eigenvalue weighted by molar-refractivity contribution is -0.0499. The molecule has 108 valence electrons. The Labute approximate surface area is 115 Å². The van der Waals surface area contributed by atoms with E-state index >= 15 is 0 Å². The van der Waals surface area contributed by atoms with Crippen molar-refractivity contribution in [2.24, 2.45) is 0 Å². The van der Waals surface area contributed by atoms with E-state index in [0.29, 0.717) is 5.19 Å². The molecule has 1 aromatic carbocycles. The molecule has 0 aliphatic heterocycles. The maximum Gasteiger partial charge on any atom is 0.534 e. The van der Waals surface area contributed by atoms with Gasteiger partial charge in [-0.1, -0.05) is 43.4 Å². The normalized spacial score (nSPS) is 13.4. The van der Waals surface area contributed by atoms with Gasteiger partial charge in [0.05, 0.1) is 13.1 Å². The first kappa shape index (κ1) is 16.3. The van der Waals surface area contributed by atoms with Gasteiger partial charge in [-0.2, -0.15) is 21.6 Å². The van der Waals surface area contributed by atoms with E-state index in [1.54, 1.807) is 6.07 Å². The second-order valence-corrected chi connectivity index (χ2v) is 11.8. The Kier molecular flexibility index (Phi) is 4.28. The highest BCUT2D eigenvalue weighted by atomic mass is 35.5. The second kappa shape index (κ2) is 4.99. The Morgan fingerprint density at radius 1 is 1.21 bits per heavy atom. The molecule has 0 aromatic heterocycles. The largest absolute Gasteiger partial charge is 0.534 e. The highest BCUT2D eigenvalue weighted by Crippen LogP contribution is 2.31. The third-order valence-corrected chi connectivity index (χ3v) is 5.51. The van der Waals surface area contributed by atoms with Gasteiger partial charge in [-0.05, 0) is 11.3 Å². The van der Waals surface area contributed by atoms with E-state index in [1.807, 2.05) is 19.6 Å². The fourth-order valence-corrected chi connectivity index (χ4v) is 3.71. The van der Waals surface area contributed by atoms with Crippen LogP contribution in [0, 0.1) is 0 Å². The molecule has 0 heterocycles. The minimum atomic E-state index is -5.72. The maximum absolute atomic E-state index is 12.3. The highest BCUT2D eigenvalue weighted by Gasteiger charge is 2.49. The maximum atomic E-state index is 12.3. The summed E-state index contributed by atoms with van der Waals surface area (Å²) in [5.74, 6) is -0.430. The Balaban J connectivity index is 3.38. The number of halogens is 4. The minimum absolute atomic E-state index is 0.159. The molecule has 0 amide bonds. The van der Waals surface area contributed by atoms with Crippen molar-refractivity contribution in [1.29, 1.82) is 0 Å². The van der Waals surface area contributed by atoms with Crippen molar-refractivity contribution >= 4 is 35.0 Å². The lowest BCUT2D eigenvalue weighted by atomic mass is 10.3. The quantitative estimate of drug-likeness (QED) is 0.485. The first-order valence-electron chi connectivity index (χ1n) is 5.16. The molecule has 0 saturated carbocycles. The van der Waals surface area contributed by atoms with Gasteiger partial charge in [0.1, 0.15) is 0 Å². The van der Waals surface area contributed by atoms with E-state index < -0.39 is 29.4 Å². The summed E-state index contributed by atoms with van der Waals surface area (Å²) >= 11 is 5.76. The van der Waals surface area contributed by atoms with E-state index in [0.717, 1.165) is 0 Å². The van der Waals surface area contributed by atoms with Crippen LogP contribution in [-0.2, 0) is 10.1 Å². The number of para-hydroxylation sites is 1. The molecule has 0 saturated heterocycles. The molecule has 0 radical (unpaired) electrons. The summed E-state index contributed by atoms with van der Waals surface area (Å²) in [7, 11) is -7.83. The van der Waals surface area contributed by atoms with Crippen LogP contribution in [0.25, 0.3) is 0 Å². The summed E-state index contributed by atoms with van der Waals surface area (Å²) in [5.41, 5.74) is -5.48. The van der Waals surface area contributed by atoms with Crippen molar-refractivity contribution in [2.45, 2.75) is 25.1 Å². The Hall–Kier alpha value is -0.733. The Morgan fingerprint density at radius 3 is 2.16 bits per heavy atom. The molecule has 0 fully saturated rings. The van der Waals surface area contributed by atoms with Gasteiger partial charge in [-0.25, -0.2) is 0 Å². The van der Waals surface area contributed by atoms with Crippen LogP contribution in [-0.4, -0.2) is 22.0 Å². The first-order valence-corrected chi connectivity index (χ1v) is 10.4. The molecule has 1 aromatic rings. The Bertz CT molecular complexity index is 579. The fourth-order valence-electron chi connectivity index (χ4n) is 1.34. The summed E-state index contributed by atoms with van der Waals surface area (Å²) in [6, 6.07) is 4.36. The van der Waals surface area contributed by atoms with Gasteiger partial charge in [0.2, 0.25) is 0 Å². The van der Waals surface area contributed by atoms with Crippen molar-refractivity contribution in [2.75, 3.05) is 0 Å². The third-order valence-electron chi connectivity index (χ3n) is 2.25. The lowest BCUT2D eigenvalue weighted by Crippen LogP contribution is -2.40. The van der Waals surface area contributed by atoms with E-state index in [2.05, 4.69) is 4.18 Å². The molecule has 0 N–H and O–H groups in total. The standard InChI is InChI=1S/C10H12ClF3O3SSi/c1-19(2,3)8-6-4-5-7(11)9(8)17-18(15,16)10(12,13)14/h4-6H,1-3H3. The van der Waals surface area contributed by atoms with Crippen LogP contribution in [0.1, 0.15) is 0 Å². The zero-order valence-corrected chi connectivity index (χ0v) is 12.9. The summed E-state index contributed by atoms with van der Waals surface area (Å²) in [4.78, 5) is 0. The first-order chi connectivity index (χ1) is 8.36. The van der Waals surface area contributed by atoms with E-state index in [4.69, 9.17) is 11.6 Å². The predicted octanol–water partition coefficient (Wildman–Crippen LogP) is 3.11. The molecule has 0 unspecified atom stereocenters. The van der Waals surface area contributed by atoms with Gasteiger partial charge in [-0.15, -0.1) is 0 Å². The van der Waals surface area contributed by atoms with E-state index in [-0.39, 0.29) is 5.02 Å². The summed E-state index contributed by atoms with van der Waals surface area (Å²) in [6.45, 7) is 5.52. The molecular weight excluding hydrogens is 321 g/mol. The van der Waals surface area contributed by atoms with Crippen LogP contribution in [0.15, 0.2) is 18.2 Å². The van der Waals surface area contributed by atoms with Crippen LogP contribution in [0.3, 0.4) is 0 Å². The van der Waals surface area contributed by atoms with Gasteiger partial charge in [0.15, 0.2) is 5.75 Å². The van der Waals surface area contributed by atoms with E-state index in [9.17, 15) is 21.6 Å². The molecule has 0 atom stereocenters. The number of hydrogen-bond acceptors (Lipinski definition) is 3. The average Bonchev–Trinajstić information content (AvgIpc) is 2.17. The molecule has 0 spiro atoms. The summed E-state index contributed by atoms with van der Waals surface area (Å²) in [6.07, 6.45) is 0. The number of rotatable bonds is 3. The second-order valence-electron chi connectivity index (χ2n) is 4.85. The average molecular weight is 333 g/mol. The van der Waals surface area contributed by atoms with Crippen molar-refractivity contribution < 1.29 is 25.8 Å². The van der Waals surface area contributed by atoms with Crippen LogP contribution >= 0.6 is 11.6 Å². The van der Waals surface area contributed by atoms with Crippen LogP contribution in [0.5, 0.6) is 5.75 Å². The molecular formula is C10H12ClF3O3SSi. The minimum Gasteiger partial charge on any atom is -0.375 e. The monoisotopic (exact) mass is 332 g/mol. The summed E-state index contributed by atoms with van der Waals surface area (Å²) in [5, 5.41) is 0.251. The SMILES string of the molecule is C[Si](C)(C)c1cccc(Cl)c1OS(=O)(=O)C(F)(F)F. The van der Waals surface area contributed by atoms with E-state index in [1.165, 1.54) is 12.1 Å². The van der Waals surface area contributed by atoms with Gasteiger partial charge >= 0.3 is 15.6 Å². The van der Waals surface area contributed by atoms with Crippen LogP contribution < -0.4 is 9.37 Å². The lowest BCUT2D eigenvalue weighted by Gasteiger charge is -2.21. The highest BCUT2D eigenvalue weighted by molar-refractivity contribution is 7.88. The molecule has 0 bridgehead atoms. The molecule has 9 heteroatoms. The summed E-state index contributed by atoms with van der Waals surface area (Å²) < 4.78 is 63.3. The fraction of sp³-hybridized carbons (Fsp3) is 0.400. The third kappa shape index (κ3) is 3.64. The Morgan fingerprint density at radius 2 is 1.74 bits per heavy atom. The molecule has 19 heavy (non-hydrogen) atoms. The van der Waals surface area contributed by atoms with Gasteiger partial charge in [-0.3, -0.25) is 0 Å².